The predicted molar refractivity (Wildman–Crippen MR) is 81.9 cm³/mol. The second-order valence-corrected chi connectivity index (χ2v) is 6.12. The molecule has 0 aliphatic heterocycles. The number of nitro benzene ring substituents is 1. The lowest BCUT2D eigenvalue weighted by Gasteiger charge is -2.25. The maximum absolute atomic E-state index is 10.7. The van der Waals surface area contributed by atoms with Crippen LogP contribution in [0.3, 0.4) is 0 Å². The molecule has 0 atom stereocenters. The Hall–Kier alpha value is -1.04. The van der Waals surface area contributed by atoms with Crippen molar-refractivity contribution in [2.45, 2.75) is 20.3 Å². The summed E-state index contributed by atoms with van der Waals surface area (Å²) in [5.41, 5.74) is 0.387. The first-order valence-corrected chi connectivity index (χ1v) is 6.88. The van der Waals surface area contributed by atoms with Crippen molar-refractivity contribution in [2.75, 3.05) is 25.6 Å². The normalized spacial score (nSPS) is 11.4. The summed E-state index contributed by atoms with van der Waals surface area (Å²) >= 11 is 12.1. The van der Waals surface area contributed by atoms with Crippen molar-refractivity contribution in [3.8, 4) is 0 Å². The standard InChI is InChI=1S/C13H18Cl2N2O3/c1-13(2,4-5-20-3)8-16-12-10(14)6-9(17(18)19)7-11(12)15/h6-7,16H,4-5,8H2,1-3H3. The topological polar surface area (TPSA) is 64.4 Å². The van der Waals surface area contributed by atoms with E-state index in [1.165, 1.54) is 12.1 Å². The Balaban J connectivity index is 2.81. The lowest BCUT2D eigenvalue weighted by atomic mass is 9.89. The molecule has 0 aliphatic carbocycles. The van der Waals surface area contributed by atoms with Gasteiger partial charge in [0.05, 0.1) is 20.7 Å². The van der Waals surface area contributed by atoms with Crippen molar-refractivity contribution >= 4 is 34.6 Å². The summed E-state index contributed by atoms with van der Waals surface area (Å²) in [6.07, 6.45) is 0.874. The molecule has 20 heavy (non-hydrogen) atoms. The lowest BCUT2D eigenvalue weighted by molar-refractivity contribution is -0.384. The first-order valence-electron chi connectivity index (χ1n) is 6.13. The maximum atomic E-state index is 10.7. The monoisotopic (exact) mass is 320 g/mol. The molecule has 1 N–H and O–H groups in total. The number of methoxy groups -OCH3 is 1. The summed E-state index contributed by atoms with van der Waals surface area (Å²) in [6, 6.07) is 2.58. The second kappa shape index (κ2) is 7.11. The largest absolute Gasteiger partial charge is 0.385 e. The zero-order valence-corrected chi connectivity index (χ0v) is 13.2. The molecule has 0 aliphatic rings. The first-order chi connectivity index (χ1) is 9.26. The SMILES string of the molecule is COCCC(C)(C)CNc1c(Cl)cc([N+](=O)[O-])cc1Cl. The molecule has 0 saturated carbocycles. The van der Waals surface area contributed by atoms with Crippen molar-refractivity contribution in [1.82, 2.24) is 0 Å². The predicted octanol–water partition coefficient (Wildman–Crippen LogP) is 4.38. The van der Waals surface area contributed by atoms with E-state index in [-0.39, 0.29) is 21.1 Å². The molecular formula is C13H18Cl2N2O3. The van der Waals surface area contributed by atoms with Gasteiger partial charge in [-0.15, -0.1) is 0 Å². The van der Waals surface area contributed by atoms with E-state index >= 15 is 0 Å². The zero-order valence-electron chi connectivity index (χ0n) is 11.7. The molecule has 0 bridgehead atoms. The minimum absolute atomic E-state index is 0.00948. The average Bonchev–Trinajstić information content (AvgIpc) is 2.35. The summed E-state index contributed by atoms with van der Waals surface area (Å²) in [6.45, 7) is 5.47. The van der Waals surface area contributed by atoms with Gasteiger partial charge in [-0.25, -0.2) is 0 Å². The molecule has 0 radical (unpaired) electrons. The average molecular weight is 321 g/mol. The van der Waals surface area contributed by atoms with E-state index in [0.29, 0.717) is 18.8 Å². The number of nitro groups is 1. The quantitative estimate of drug-likeness (QED) is 0.598. The zero-order chi connectivity index (χ0) is 15.3. The molecule has 0 amide bonds. The van der Waals surface area contributed by atoms with Crippen molar-refractivity contribution < 1.29 is 9.66 Å². The fraction of sp³-hybridized carbons (Fsp3) is 0.538. The number of rotatable bonds is 7. The van der Waals surface area contributed by atoms with Gasteiger partial charge in [-0.2, -0.15) is 0 Å². The van der Waals surface area contributed by atoms with Crippen molar-refractivity contribution in [3.63, 3.8) is 0 Å². The molecule has 0 fully saturated rings. The number of halogens is 2. The van der Waals surface area contributed by atoms with Gasteiger partial charge < -0.3 is 10.1 Å². The molecule has 5 nitrogen and oxygen atoms in total. The fourth-order valence-corrected chi connectivity index (χ4v) is 2.24. The van der Waals surface area contributed by atoms with Gasteiger partial charge in [-0.05, 0) is 11.8 Å². The minimum Gasteiger partial charge on any atom is -0.385 e. The van der Waals surface area contributed by atoms with Crippen LogP contribution in [0.15, 0.2) is 12.1 Å². The van der Waals surface area contributed by atoms with Gasteiger partial charge in [0.1, 0.15) is 0 Å². The van der Waals surface area contributed by atoms with E-state index in [2.05, 4.69) is 19.2 Å². The molecule has 1 aromatic carbocycles. The molecular weight excluding hydrogens is 303 g/mol. The van der Waals surface area contributed by atoms with Gasteiger partial charge in [0, 0.05) is 32.4 Å². The third-order valence-corrected chi connectivity index (χ3v) is 3.56. The molecule has 1 rings (SSSR count). The van der Waals surface area contributed by atoms with E-state index in [1.807, 2.05) is 0 Å². The van der Waals surface area contributed by atoms with Gasteiger partial charge in [-0.3, -0.25) is 10.1 Å². The van der Waals surface area contributed by atoms with Gasteiger partial charge >= 0.3 is 0 Å². The van der Waals surface area contributed by atoms with Gasteiger partial charge in [0.2, 0.25) is 0 Å². The van der Waals surface area contributed by atoms with Crippen LogP contribution in [0.4, 0.5) is 11.4 Å². The Morgan fingerprint density at radius 3 is 2.35 bits per heavy atom. The van der Waals surface area contributed by atoms with Crippen LogP contribution in [0.25, 0.3) is 0 Å². The van der Waals surface area contributed by atoms with Gasteiger partial charge in [-0.1, -0.05) is 37.0 Å². The molecule has 0 aromatic heterocycles. The van der Waals surface area contributed by atoms with Crippen LogP contribution in [0.2, 0.25) is 10.0 Å². The number of anilines is 1. The number of hydrogen-bond acceptors (Lipinski definition) is 4. The van der Waals surface area contributed by atoms with Crippen molar-refractivity contribution in [1.29, 1.82) is 0 Å². The third-order valence-electron chi connectivity index (χ3n) is 2.96. The van der Waals surface area contributed by atoms with E-state index in [9.17, 15) is 10.1 Å². The molecule has 0 unspecified atom stereocenters. The van der Waals surface area contributed by atoms with Crippen LogP contribution < -0.4 is 5.32 Å². The van der Waals surface area contributed by atoms with Crippen molar-refractivity contribution in [3.05, 3.63) is 32.3 Å². The highest BCUT2D eigenvalue weighted by Gasteiger charge is 2.20. The van der Waals surface area contributed by atoms with E-state index < -0.39 is 4.92 Å². The molecule has 0 spiro atoms. The Kier molecular flexibility index (Phi) is 6.05. The van der Waals surface area contributed by atoms with Crippen LogP contribution in [0.1, 0.15) is 20.3 Å². The maximum Gasteiger partial charge on any atom is 0.272 e. The second-order valence-electron chi connectivity index (χ2n) is 5.30. The number of benzene rings is 1. The number of nitrogens with one attached hydrogen (secondary N) is 1. The molecule has 7 heteroatoms. The summed E-state index contributed by atoms with van der Waals surface area (Å²) in [4.78, 5) is 10.2. The van der Waals surface area contributed by atoms with Gasteiger partial charge in [0.15, 0.2) is 0 Å². The van der Waals surface area contributed by atoms with Crippen LogP contribution in [-0.2, 0) is 4.74 Å². The highest BCUT2D eigenvalue weighted by atomic mass is 35.5. The molecule has 1 aromatic rings. The van der Waals surface area contributed by atoms with Crippen molar-refractivity contribution in [2.24, 2.45) is 5.41 Å². The lowest BCUT2D eigenvalue weighted by Crippen LogP contribution is -2.24. The minimum atomic E-state index is -0.524. The summed E-state index contributed by atoms with van der Waals surface area (Å²) in [5, 5.41) is 14.3. The van der Waals surface area contributed by atoms with Crippen LogP contribution in [-0.4, -0.2) is 25.2 Å². The molecule has 0 saturated heterocycles. The third kappa shape index (κ3) is 4.81. The molecule has 0 heterocycles. The summed E-state index contributed by atoms with van der Waals surface area (Å²) in [7, 11) is 1.66. The number of nitrogens with zero attached hydrogens (tertiary/aromatic N) is 1. The van der Waals surface area contributed by atoms with Crippen LogP contribution in [0, 0.1) is 15.5 Å². The Bertz CT molecular complexity index is 469. The fourth-order valence-electron chi connectivity index (χ4n) is 1.63. The highest BCUT2D eigenvalue weighted by Crippen LogP contribution is 2.35. The Morgan fingerprint density at radius 2 is 1.90 bits per heavy atom. The number of hydrogen-bond donors (Lipinski definition) is 1. The van der Waals surface area contributed by atoms with Crippen LogP contribution >= 0.6 is 23.2 Å². The molecule has 112 valence electrons. The first kappa shape index (κ1) is 17.0. The Morgan fingerprint density at radius 1 is 1.35 bits per heavy atom. The van der Waals surface area contributed by atoms with E-state index in [0.717, 1.165) is 6.42 Å². The van der Waals surface area contributed by atoms with Crippen LogP contribution in [0.5, 0.6) is 0 Å². The number of non-ortho nitro benzene ring substituents is 1. The van der Waals surface area contributed by atoms with E-state index in [1.54, 1.807) is 7.11 Å². The summed E-state index contributed by atoms with van der Waals surface area (Å²) < 4.78 is 5.06. The number of ether oxygens (including phenoxy) is 1. The highest BCUT2D eigenvalue weighted by molar-refractivity contribution is 6.39. The Labute approximate surface area is 128 Å². The smallest absolute Gasteiger partial charge is 0.272 e. The van der Waals surface area contributed by atoms with Gasteiger partial charge in [0.25, 0.3) is 5.69 Å². The van der Waals surface area contributed by atoms with E-state index in [4.69, 9.17) is 27.9 Å². The summed E-state index contributed by atoms with van der Waals surface area (Å²) in [5.74, 6) is 0.